The topological polar surface area (TPSA) is 75.8 Å². The highest BCUT2D eigenvalue weighted by Gasteiger charge is 2.33. The smallest absolute Gasteiger partial charge is 0.246 e. The number of hydrogen-bond acceptors (Lipinski definition) is 4. The zero-order valence-electron chi connectivity index (χ0n) is 13.9. The number of rotatable bonds is 4. The number of nitrogens with two attached hydrogens (primary N) is 1. The summed E-state index contributed by atoms with van der Waals surface area (Å²) in [6.07, 6.45) is 1.53. The summed E-state index contributed by atoms with van der Waals surface area (Å²) < 4.78 is 6.13. The summed E-state index contributed by atoms with van der Waals surface area (Å²) in [5.41, 5.74) is 7.57. The second-order valence-electron chi connectivity index (χ2n) is 7.40. The molecule has 0 saturated carbocycles. The van der Waals surface area contributed by atoms with Gasteiger partial charge < -0.3 is 15.6 Å². The largest absolute Gasteiger partial charge is 0.487 e. The Balaban J connectivity index is 1.63. The van der Waals surface area contributed by atoms with E-state index in [9.17, 15) is 9.90 Å². The monoisotopic (exact) mass is 318 g/mol. The molecule has 2 aliphatic heterocycles. The van der Waals surface area contributed by atoms with Crippen LogP contribution in [-0.2, 0) is 17.8 Å². The molecule has 1 atom stereocenters. The van der Waals surface area contributed by atoms with Crippen LogP contribution in [0.25, 0.3) is 0 Å². The van der Waals surface area contributed by atoms with Gasteiger partial charge in [0, 0.05) is 18.5 Å². The number of fused-ring (bicyclic) bond motifs is 1. The predicted octanol–water partition coefficient (Wildman–Crippen LogP) is 1.46. The highest BCUT2D eigenvalue weighted by molar-refractivity contribution is 5.78. The van der Waals surface area contributed by atoms with E-state index in [1.165, 1.54) is 11.1 Å². The van der Waals surface area contributed by atoms with Crippen molar-refractivity contribution in [3.05, 3.63) is 29.3 Å². The Morgan fingerprint density at radius 3 is 2.78 bits per heavy atom. The lowest BCUT2D eigenvalue weighted by molar-refractivity contribution is -0.129. The van der Waals surface area contributed by atoms with Crippen molar-refractivity contribution < 1.29 is 14.6 Å². The van der Waals surface area contributed by atoms with Gasteiger partial charge >= 0.3 is 0 Å². The fourth-order valence-electron chi connectivity index (χ4n) is 3.70. The first-order valence-electron chi connectivity index (χ1n) is 8.35. The molecule has 1 aromatic rings. The van der Waals surface area contributed by atoms with E-state index in [2.05, 4.69) is 36.9 Å². The Bertz CT molecular complexity index is 592. The van der Waals surface area contributed by atoms with Crippen LogP contribution in [0, 0.1) is 5.92 Å². The molecule has 0 unspecified atom stereocenters. The predicted molar refractivity (Wildman–Crippen MR) is 88.1 cm³/mol. The standard InChI is InChI=1S/C18H26N2O3/c1-18(2)10-13-4-3-5-14(16(13)23-18)11-20-8-6-12(7-9-20)15(21)17(19)22/h3-5,12,15,21H,6-11H2,1-2H3,(H2,19,22)/t15-/m0/s1. The molecule has 0 radical (unpaired) electrons. The molecule has 1 saturated heterocycles. The molecule has 2 aliphatic rings. The normalized spacial score (nSPS) is 22.4. The molecule has 0 aliphatic carbocycles. The van der Waals surface area contributed by atoms with Crippen molar-refractivity contribution in [3.8, 4) is 5.75 Å². The molecule has 0 spiro atoms. The molecule has 1 fully saturated rings. The third kappa shape index (κ3) is 3.51. The van der Waals surface area contributed by atoms with Gasteiger partial charge in [-0.1, -0.05) is 18.2 Å². The summed E-state index contributed by atoms with van der Waals surface area (Å²) in [5.74, 6) is 0.414. The zero-order chi connectivity index (χ0) is 16.6. The molecule has 1 amide bonds. The third-order valence-electron chi connectivity index (χ3n) is 4.94. The number of para-hydroxylation sites is 1. The lowest BCUT2D eigenvalue weighted by Gasteiger charge is -2.33. The minimum Gasteiger partial charge on any atom is -0.487 e. The van der Waals surface area contributed by atoms with Crippen molar-refractivity contribution in [2.24, 2.45) is 11.7 Å². The number of benzene rings is 1. The highest BCUT2D eigenvalue weighted by Crippen LogP contribution is 2.38. The van der Waals surface area contributed by atoms with Crippen molar-refractivity contribution >= 4 is 5.91 Å². The lowest BCUT2D eigenvalue weighted by Crippen LogP contribution is -2.42. The van der Waals surface area contributed by atoms with Crippen LogP contribution in [0.2, 0.25) is 0 Å². The molecule has 3 N–H and O–H groups in total. The summed E-state index contributed by atoms with van der Waals surface area (Å²) in [7, 11) is 0. The molecule has 23 heavy (non-hydrogen) atoms. The molecule has 5 nitrogen and oxygen atoms in total. The minimum absolute atomic E-state index is 0.0135. The van der Waals surface area contributed by atoms with E-state index in [-0.39, 0.29) is 11.5 Å². The Labute approximate surface area is 137 Å². The van der Waals surface area contributed by atoms with Crippen LogP contribution in [0.3, 0.4) is 0 Å². The quantitative estimate of drug-likeness (QED) is 0.881. The first-order chi connectivity index (χ1) is 10.9. The van der Waals surface area contributed by atoms with Crippen LogP contribution in [0.1, 0.15) is 37.8 Å². The maximum Gasteiger partial charge on any atom is 0.246 e. The van der Waals surface area contributed by atoms with Crippen molar-refractivity contribution in [2.75, 3.05) is 13.1 Å². The van der Waals surface area contributed by atoms with Crippen LogP contribution in [-0.4, -0.2) is 40.7 Å². The lowest BCUT2D eigenvalue weighted by atomic mass is 9.90. The number of ether oxygens (including phenoxy) is 1. The molecule has 2 heterocycles. The Morgan fingerprint density at radius 1 is 1.43 bits per heavy atom. The molecule has 126 valence electrons. The number of aliphatic hydroxyl groups is 1. The van der Waals surface area contributed by atoms with Crippen LogP contribution in [0.4, 0.5) is 0 Å². The third-order valence-corrected chi connectivity index (χ3v) is 4.94. The van der Waals surface area contributed by atoms with E-state index in [4.69, 9.17) is 10.5 Å². The fraction of sp³-hybridized carbons (Fsp3) is 0.611. The number of carbonyl (C=O) groups excluding carboxylic acids is 1. The minimum atomic E-state index is -1.01. The maximum atomic E-state index is 11.1. The van der Waals surface area contributed by atoms with Crippen LogP contribution < -0.4 is 10.5 Å². The number of aliphatic hydroxyl groups excluding tert-OH is 1. The summed E-state index contributed by atoms with van der Waals surface area (Å²) >= 11 is 0. The van der Waals surface area contributed by atoms with Crippen LogP contribution in [0.5, 0.6) is 5.75 Å². The second kappa shape index (κ2) is 6.13. The van der Waals surface area contributed by atoms with Gasteiger partial charge in [-0.05, 0) is 51.3 Å². The first-order valence-corrected chi connectivity index (χ1v) is 8.35. The molecule has 0 aromatic heterocycles. The number of amides is 1. The number of primary amides is 1. The van der Waals surface area contributed by atoms with Gasteiger partial charge in [0.15, 0.2) is 0 Å². The summed E-state index contributed by atoms with van der Waals surface area (Å²) in [5, 5.41) is 9.80. The number of piperidine rings is 1. The number of hydrogen-bond donors (Lipinski definition) is 2. The SMILES string of the molecule is CC1(C)Cc2cccc(CN3CCC([C@H](O)C(N)=O)CC3)c2O1. The Kier molecular flexibility index (Phi) is 4.34. The van der Waals surface area contributed by atoms with E-state index in [1.807, 2.05) is 0 Å². The molecular formula is C18H26N2O3. The van der Waals surface area contributed by atoms with Gasteiger partial charge in [0.1, 0.15) is 17.5 Å². The van der Waals surface area contributed by atoms with E-state index in [0.717, 1.165) is 44.6 Å². The zero-order valence-corrected chi connectivity index (χ0v) is 13.9. The van der Waals surface area contributed by atoms with Gasteiger partial charge in [0.2, 0.25) is 5.91 Å². The van der Waals surface area contributed by atoms with Crippen molar-refractivity contribution in [1.29, 1.82) is 0 Å². The van der Waals surface area contributed by atoms with Gasteiger partial charge in [0.05, 0.1) is 0 Å². The average Bonchev–Trinajstić information content (AvgIpc) is 2.82. The molecule has 1 aromatic carbocycles. The number of likely N-dealkylation sites (tertiary alicyclic amines) is 1. The van der Waals surface area contributed by atoms with E-state index >= 15 is 0 Å². The van der Waals surface area contributed by atoms with E-state index < -0.39 is 12.0 Å². The van der Waals surface area contributed by atoms with Gasteiger partial charge in [-0.15, -0.1) is 0 Å². The summed E-state index contributed by atoms with van der Waals surface area (Å²) in [6, 6.07) is 6.37. The summed E-state index contributed by atoms with van der Waals surface area (Å²) in [4.78, 5) is 13.5. The summed E-state index contributed by atoms with van der Waals surface area (Å²) in [6.45, 7) is 6.81. The van der Waals surface area contributed by atoms with Gasteiger partial charge in [-0.25, -0.2) is 0 Å². The van der Waals surface area contributed by atoms with Crippen LogP contribution in [0.15, 0.2) is 18.2 Å². The van der Waals surface area contributed by atoms with Crippen molar-refractivity contribution in [3.63, 3.8) is 0 Å². The molecule has 3 rings (SSSR count). The van der Waals surface area contributed by atoms with Crippen molar-refractivity contribution in [1.82, 2.24) is 4.90 Å². The number of nitrogens with zero attached hydrogens (tertiary/aromatic N) is 1. The average molecular weight is 318 g/mol. The molecule has 5 heteroatoms. The number of carbonyl (C=O) groups is 1. The second-order valence-corrected chi connectivity index (χ2v) is 7.40. The fourth-order valence-corrected chi connectivity index (χ4v) is 3.70. The van der Waals surface area contributed by atoms with Gasteiger partial charge in [-0.2, -0.15) is 0 Å². The van der Waals surface area contributed by atoms with E-state index in [1.54, 1.807) is 0 Å². The van der Waals surface area contributed by atoms with Crippen LogP contribution >= 0.6 is 0 Å². The highest BCUT2D eigenvalue weighted by atomic mass is 16.5. The first kappa shape index (κ1) is 16.3. The van der Waals surface area contributed by atoms with Gasteiger partial charge in [0.25, 0.3) is 0 Å². The molecule has 0 bridgehead atoms. The molecular weight excluding hydrogens is 292 g/mol. The Hall–Kier alpha value is -1.59. The van der Waals surface area contributed by atoms with Gasteiger partial charge in [-0.3, -0.25) is 9.69 Å². The van der Waals surface area contributed by atoms with E-state index in [0.29, 0.717) is 0 Å². The maximum absolute atomic E-state index is 11.1. The Morgan fingerprint density at radius 2 is 2.13 bits per heavy atom. The van der Waals surface area contributed by atoms with Crippen molar-refractivity contribution in [2.45, 2.75) is 51.4 Å².